The van der Waals surface area contributed by atoms with Crippen LogP contribution in [-0.4, -0.2) is 12.7 Å². The fraction of sp³-hybridized carbons (Fsp3) is 0.158. The Morgan fingerprint density at radius 1 is 1.04 bits per heavy atom. The molecule has 0 spiro atoms. The molecule has 2 aromatic carbocycles. The topological polar surface area (TPSA) is 37.4 Å². The third-order valence-corrected chi connectivity index (χ3v) is 5.86. The van der Waals surface area contributed by atoms with Crippen LogP contribution in [0.1, 0.15) is 16.7 Å². The van der Waals surface area contributed by atoms with Crippen LogP contribution in [0.5, 0.6) is 0 Å². The molecular weight excluding hydrogens is 306 g/mol. The molecule has 2 aromatic rings. The van der Waals surface area contributed by atoms with Crippen molar-refractivity contribution in [3.05, 3.63) is 89.6 Å². The molecule has 0 aromatic heterocycles. The molecule has 4 heteroatoms. The van der Waals surface area contributed by atoms with E-state index in [1.165, 1.54) is 4.31 Å². The Morgan fingerprint density at radius 3 is 2.35 bits per heavy atom. The summed E-state index contributed by atoms with van der Waals surface area (Å²) < 4.78 is 27.6. The van der Waals surface area contributed by atoms with Crippen LogP contribution >= 0.6 is 0 Å². The summed E-state index contributed by atoms with van der Waals surface area (Å²) in [4.78, 5) is 0.301. The maximum absolute atomic E-state index is 13.1. The van der Waals surface area contributed by atoms with Gasteiger partial charge in [0.1, 0.15) is 0 Å². The van der Waals surface area contributed by atoms with E-state index in [9.17, 15) is 8.42 Å². The Kier molecular flexibility index (Phi) is 4.09. The summed E-state index contributed by atoms with van der Waals surface area (Å²) >= 11 is 0. The molecule has 0 bridgehead atoms. The first-order chi connectivity index (χ1) is 11.0. The maximum Gasteiger partial charge on any atom is 0.264 e. The molecule has 3 nitrogen and oxygen atoms in total. The third kappa shape index (κ3) is 2.94. The third-order valence-electron chi connectivity index (χ3n) is 4.07. The lowest BCUT2D eigenvalue weighted by atomic mass is 10.1. The van der Waals surface area contributed by atoms with Crippen molar-refractivity contribution >= 4 is 10.0 Å². The zero-order valence-electron chi connectivity index (χ0n) is 13.1. The van der Waals surface area contributed by atoms with Gasteiger partial charge in [0.15, 0.2) is 0 Å². The first-order valence-electron chi connectivity index (χ1n) is 7.51. The van der Waals surface area contributed by atoms with E-state index in [2.05, 4.69) is 6.58 Å². The van der Waals surface area contributed by atoms with E-state index in [0.717, 1.165) is 16.7 Å². The molecule has 0 atom stereocenters. The second-order valence-electron chi connectivity index (χ2n) is 5.63. The molecule has 23 heavy (non-hydrogen) atoms. The SMILES string of the molecule is C=CC1=CCc2ccccc2CN1S(=O)(=O)c1ccc(C)cc1. The number of hydrogen-bond donors (Lipinski definition) is 0. The molecule has 0 saturated carbocycles. The largest absolute Gasteiger partial charge is 0.264 e. The summed E-state index contributed by atoms with van der Waals surface area (Å²) in [5.74, 6) is 0. The van der Waals surface area contributed by atoms with Gasteiger partial charge in [-0.25, -0.2) is 8.42 Å². The second-order valence-corrected chi connectivity index (χ2v) is 7.49. The van der Waals surface area contributed by atoms with Crippen LogP contribution in [0.2, 0.25) is 0 Å². The smallest absolute Gasteiger partial charge is 0.262 e. The van der Waals surface area contributed by atoms with Gasteiger partial charge in [-0.3, -0.25) is 4.31 Å². The van der Waals surface area contributed by atoms with Crippen LogP contribution in [0.3, 0.4) is 0 Å². The number of aryl methyl sites for hydroxylation is 1. The van der Waals surface area contributed by atoms with Crippen LogP contribution in [0.25, 0.3) is 0 Å². The highest BCUT2D eigenvalue weighted by molar-refractivity contribution is 7.89. The van der Waals surface area contributed by atoms with E-state index < -0.39 is 10.0 Å². The van der Waals surface area contributed by atoms with Crippen molar-refractivity contribution in [1.82, 2.24) is 4.31 Å². The molecule has 1 heterocycles. The first kappa shape index (κ1) is 15.6. The Bertz CT molecular complexity index is 864. The van der Waals surface area contributed by atoms with Crippen LogP contribution in [0, 0.1) is 6.92 Å². The summed E-state index contributed by atoms with van der Waals surface area (Å²) in [5.41, 5.74) is 3.83. The number of sulfonamides is 1. The summed E-state index contributed by atoms with van der Waals surface area (Å²) in [6.45, 7) is 6.05. The number of benzene rings is 2. The van der Waals surface area contributed by atoms with Gasteiger partial charge in [-0.2, -0.15) is 0 Å². The fourth-order valence-corrected chi connectivity index (χ4v) is 4.19. The zero-order chi connectivity index (χ0) is 16.4. The van der Waals surface area contributed by atoms with Gasteiger partial charge in [0.05, 0.1) is 11.4 Å². The van der Waals surface area contributed by atoms with E-state index in [4.69, 9.17) is 0 Å². The Labute approximate surface area is 137 Å². The minimum absolute atomic E-state index is 0.301. The molecule has 0 unspecified atom stereocenters. The maximum atomic E-state index is 13.1. The lowest BCUT2D eigenvalue weighted by molar-refractivity contribution is 0.481. The van der Waals surface area contributed by atoms with Crippen molar-refractivity contribution < 1.29 is 8.42 Å². The highest BCUT2D eigenvalue weighted by Crippen LogP contribution is 2.28. The quantitative estimate of drug-likeness (QED) is 0.860. The molecule has 0 saturated heterocycles. The van der Waals surface area contributed by atoms with Gasteiger partial charge in [0.25, 0.3) is 10.0 Å². The molecular formula is C19H19NO2S. The van der Waals surface area contributed by atoms with E-state index in [1.807, 2.05) is 49.4 Å². The zero-order valence-corrected chi connectivity index (χ0v) is 13.9. The molecule has 1 aliphatic rings. The lowest BCUT2D eigenvalue weighted by Crippen LogP contribution is -2.29. The van der Waals surface area contributed by atoms with Crippen LogP contribution in [0.4, 0.5) is 0 Å². The molecule has 1 aliphatic heterocycles. The van der Waals surface area contributed by atoms with Gasteiger partial charge in [0.2, 0.25) is 0 Å². The summed E-state index contributed by atoms with van der Waals surface area (Å²) in [6, 6.07) is 14.9. The van der Waals surface area contributed by atoms with Gasteiger partial charge in [-0.1, -0.05) is 54.6 Å². The first-order valence-corrected chi connectivity index (χ1v) is 8.95. The predicted octanol–water partition coefficient (Wildman–Crippen LogP) is 3.81. The van der Waals surface area contributed by atoms with Gasteiger partial charge in [0, 0.05) is 5.70 Å². The highest BCUT2D eigenvalue weighted by Gasteiger charge is 2.27. The molecule has 0 radical (unpaired) electrons. The van der Waals surface area contributed by atoms with Crippen molar-refractivity contribution in [3.8, 4) is 0 Å². The van der Waals surface area contributed by atoms with Crippen molar-refractivity contribution in [3.63, 3.8) is 0 Å². The monoisotopic (exact) mass is 325 g/mol. The van der Waals surface area contributed by atoms with Crippen molar-refractivity contribution in [2.45, 2.75) is 24.8 Å². The Morgan fingerprint density at radius 2 is 1.70 bits per heavy atom. The number of nitrogens with zero attached hydrogens (tertiary/aromatic N) is 1. The molecule has 0 aliphatic carbocycles. The van der Waals surface area contributed by atoms with E-state index in [1.54, 1.807) is 18.2 Å². The van der Waals surface area contributed by atoms with Crippen molar-refractivity contribution in [2.24, 2.45) is 0 Å². The van der Waals surface area contributed by atoms with Crippen molar-refractivity contribution in [2.75, 3.05) is 0 Å². The summed E-state index contributed by atoms with van der Waals surface area (Å²) in [7, 11) is -3.61. The Balaban J connectivity index is 2.08. The standard InChI is InChI=1S/C19H19NO2S/c1-3-18-11-10-16-6-4-5-7-17(16)14-20(18)23(21,22)19-12-8-15(2)9-13-19/h3-9,11-13H,1,10,14H2,2H3. The summed E-state index contributed by atoms with van der Waals surface area (Å²) in [5, 5.41) is 0. The van der Waals surface area contributed by atoms with Gasteiger partial charge in [-0.05, 0) is 42.7 Å². The Hall–Kier alpha value is -2.33. The minimum Gasteiger partial charge on any atom is -0.262 e. The van der Waals surface area contributed by atoms with Crippen molar-refractivity contribution in [1.29, 1.82) is 0 Å². The van der Waals surface area contributed by atoms with Crippen LogP contribution in [0.15, 0.2) is 77.9 Å². The van der Waals surface area contributed by atoms with Gasteiger partial charge >= 0.3 is 0 Å². The number of rotatable bonds is 3. The van der Waals surface area contributed by atoms with E-state index in [0.29, 0.717) is 23.6 Å². The molecule has 0 fully saturated rings. The van der Waals surface area contributed by atoms with E-state index in [-0.39, 0.29) is 0 Å². The predicted molar refractivity (Wildman–Crippen MR) is 92.3 cm³/mol. The molecule has 0 N–H and O–H groups in total. The normalized spacial score (nSPS) is 14.7. The average Bonchev–Trinajstić information content (AvgIpc) is 2.75. The number of allylic oxidation sites excluding steroid dienone is 2. The number of hydrogen-bond acceptors (Lipinski definition) is 2. The average molecular weight is 325 g/mol. The fourth-order valence-electron chi connectivity index (χ4n) is 2.72. The summed E-state index contributed by atoms with van der Waals surface area (Å²) in [6.07, 6.45) is 4.24. The minimum atomic E-state index is -3.61. The van der Waals surface area contributed by atoms with Crippen LogP contribution in [-0.2, 0) is 23.0 Å². The molecule has 3 rings (SSSR count). The molecule has 118 valence electrons. The highest BCUT2D eigenvalue weighted by atomic mass is 32.2. The van der Waals surface area contributed by atoms with E-state index >= 15 is 0 Å². The second kappa shape index (κ2) is 6.05. The lowest BCUT2D eigenvalue weighted by Gasteiger charge is -2.24. The number of fused-ring (bicyclic) bond motifs is 1. The van der Waals surface area contributed by atoms with Gasteiger partial charge in [-0.15, -0.1) is 0 Å². The van der Waals surface area contributed by atoms with Crippen LogP contribution < -0.4 is 0 Å². The molecule has 0 amide bonds. The van der Waals surface area contributed by atoms with Gasteiger partial charge < -0.3 is 0 Å².